The van der Waals surface area contributed by atoms with Gasteiger partial charge in [0.2, 0.25) is 0 Å². The van der Waals surface area contributed by atoms with Crippen molar-refractivity contribution in [3.8, 4) is 10.6 Å². The summed E-state index contributed by atoms with van der Waals surface area (Å²) >= 11 is 0.857. The van der Waals surface area contributed by atoms with Crippen LogP contribution in [0.2, 0.25) is 0 Å². The van der Waals surface area contributed by atoms with Crippen LogP contribution in [0.25, 0.3) is 10.6 Å². The number of nitrogen functional groups attached to an aromatic ring is 1. The van der Waals surface area contributed by atoms with Crippen molar-refractivity contribution >= 4 is 33.8 Å². The molecule has 0 saturated carbocycles. The van der Waals surface area contributed by atoms with Gasteiger partial charge in [-0.2, -0.15) is 5.10 Å². The van der Waals surface area contributed by atoms with Gasteiger partial charge < -0.3 is 21.7 Å². The van der Waals surface area contributed by atoms with Crippen LogP contribution < -0.4 is 21.7 Å². The molecule has 0 radical (unpaired) electrons. The summed E-state index contributed by atoms with van der Waals surface area (Å²) in [6.07, 6.45) is 4.55. The maximum Gasteiger partial charge on any atom is 0.277 e. The Morgan fingerprint density at radius 1 is 1.29 bits per heavy atom. The lowest BCUT2D eigenvalue weighted by Gasteiger charge is -2.18. The van der Waals surface area contributed by atoms with Gasteiger partial charge in [0.1, 0.15) is 33.1 Å². The molecule has 2 aromatic heterocycles. The van der Waals surface area contributed by atoms with Gasteiger partial charge in [-0.05, 0) is 44.5 Å². The fraction of sp³-hybridized carbons (Fsp3) is 0.350. The Bertz CT molecular complexity index is 1070. The van der Waals surface area contributed by atoms with Gasteiger partial charge in [0.25, 0.3) is 5.91 Å². The molecular weight excluding hydrogens is 424 g/mol. The molecule has 1 aromatic carbocycles. The molecule has 4 rings (SSSR count). The Labute approximate surface area is 181 Å². The summed E-state index contributed by atoms with van der Waals surface area (Å²) in [5.41, 5.74) is 6.04. The molecule has 1 atom stereocenters. The fourth-order valence-electron chi connectivity index (χ4n) is 3.54. The molecule has 1 aliphatic rings. The van der Waals surface area contributed by atoms with Gasteiger partial charge in [0.15, 0.2) is 5.69 Å². The molecule has 1 fully saturated rings. The van der Waals surface area contributed by atoms with E-state index in [1.807, 2.05) is 0 Å². The minimum atomic E-state index is -0.766. The molecule has 8 nitrogen and oxygen atoms in total. The molecule has 0 bridgehead atoms. The lowest BCUT2D eigenvalue weighted by molar-refractivity contribution is 0.102. The lowest BCUT2D eigenvalue weighted by atomic mass is 10.1. The highest BCUT2D eigenvalue weighted by molar-refractivity contribution is 7.19. The summed E-state index contributed by atoms with van der Waals surface area (Å²) in [5.74, 6) is -1.43. The van der Waals surface area contributed by atoms with Crippen LogP contribution in [0.1, 0.15) is 29.8 Å². The topological polar surface area (TPSA) is 110 Å². The number of amides is 1. The Balaban J connectivity index is 1.55. The van der Waals surface area contributed by atoms with Crippen LogP contribution in [0.5, 0.6) is 0 Å². The smallest absolute Gasteiger partial charge is 0.277 e. The second-order valence-electron chi connectivity index (χ2n) is 7.34. The fourth-order valence-corrected chi connectivity index (χ4v) is 4.42. The molecular formula is C20H23F2N7OS. The summed E-state index contributed by atoms with van der Waals surface area (Å²) in [6, 6.07) is 3.78. The molecule has 5 N–H and O–H groups in total. The van der Waals surface area contributed by atoms with Gasteiger partial charge in [0.05, 0.1) is 11.8 Å². The molecule has 164 valence electrons. The zero-order valence-electron chi connectivity index (χ0n) is 16.9. The summed E-state index contributed by atoms with van der Waals surface area (Å²) in [7, 11) is 1.78. The van der Waals surface area contributed by atoms with Gasteiger partial charge in [-0.1, -0.05) is 17.4 Å². The molecule has 1 aliphatic heterocycles. The SMILES string of the molecule is Cn1ncc(NC(=O)c2nc(-c3c(F)cccc3F)sc2N)c1N[C@@H]1CCCNCC1. The van der Waals surface area contributed by atoms with Crippen molar-refractivity contribution in [2.45, 2.75) is 25.3 Å². The number of anilines is 3. The number of benzene rings is 1. The summed E-state index contributed by atoms with van der Waals surface area (Å²) in [5, 5.41) is 13.9. The molecule has 11 heteroatoms. The average Bonchev–Trinajstić information content (AvgIpc) is 3.15. The number of aromatic nitrogens is 3. The zero-order chi connectivity index (χ0) is 22.0. The van der Waals surface area contributed by atoms with Crippen molar-refractivity contribution in [2.75, 3.05) is 29.5 Å². The van der Waals surface area contributed by atoms with E-state index in [4.69, 9.17) is 5.73 Å². The first-order chi connectivity index (χ1) is 14.9. The van der Waals surface area contributed by atoms with Crippen LogP contribution in [0, 0.1) is 11.6 Å². The third kappa shape index (κ3) is 4.52. The number of carbonyl (C=O) groups is 1. The second-order valence-corrected chi connectivity index (χ2v) is 8.37. The number of carbonyl (C=O) groups excluding carboxylic acids is 1. The number of nitrogens with one attached hydrogen (secondary N) is 3. The highest BCUT2D eigenvalue weighted by Gasteiger charge is 2.23. The minimum Gasteiger partial charge on any atom is -0.389 e. The Hall–Kier alpha value is -3.05. The number of nitrogens with two attached hydrogens (primary N) is 1. The van der Waals surface area contributed by atoms with E-state index in [-0.39, 0.29) is 27.3 Å². The van der Waals surface area contributed by atoms with Crippen molar-refractivity contribution < 1.29 is 13.6 Å². The molecule has 3 heterocycles. The van der Waals surface area contributed by atoms with Crippen LogP contribution in [0.3, 0.4) is 0 Å². The number of halogens is 2. The van der Waals surface area contributed by atoms with Gasteiger partial charge >= 0.3 is 0 Å². The first-order valence-electron chi connectivity index (χ1n) is 9.95. The van der Waals surface area contributed by atoms with Crippen molar-refractivity contribution in [2.24, 2.45) is 7.05 Å². The number of aryl methyl sites for hydroxylation is 1. The van der Waals surface area contributed by atoms with Crippen molar-refractivity contribution in [1.82, 2.24) is 20.1 Å². The number of thiazole rings is 1. The quantitative estimate of drug-likeness (QED) is 0.478. The predicted octanol–water partition coefficient (Wildman–Crippen LogP) is 3.21. The maximum absolute atomic E-state index is 14.1. The standard InChI is InChI=1S/C20H23F2N7OS/c1-29-18(26-11-4-3-8-24-9-7-11)14(10-25-29)27-19(30)16-17(23)31-20(28-16)15-12(21)5-2-6-13(15)22/h2,5-6,10-11,24,26H,3-4,7-9,23H2,1H3,(H,27,30)/t11-/m1/s1. The van der Waals surface area contributed by atoms with E-state index in [0.29, 0.717) is 11.5 Å². The average molecular weight is 448 g/mol. The van der Waals surface area contributed by atoms with E-state index in [2.05, 4.69) is 26.0 Å². The molecule has 3 aromatic rings. The van der Waals surface area contributed by atoms with Crippen molar-refractivity contribution in [1.29, 1.82) is 0 Å². The normalized spacial score (nSPS) is 16.7. The summed E-state index contributed by atoms with van der Waals surface area (Å²) in [4.78, 5) is 17.0. The summed E-state index contributed by atoms with van der Waals surface area (Å²) in [6.45, 7) is 1.91. The Kier molecular flexibility index (Phi) is 6.14. The minimum absolute atomic E-state index is 0.00809. The largest absolute Gasteiger partial charge is 0.389 e. The molecule has 0 aliphatic carbocycles. The Morgan fingerprint density at radius 3 is 2.84 bits per heavy atom. The third-order valence-electron chi connectivity index (χ3n) is 5.15. The Morgan fingerprint density at radius 2 is 2.06 bits per heavy atom. The van der Waals surface area contributed by atoms with Gasteiger partial charge in [-0.25, -0.2) is 13.8 Å². The van der Waals surface area contributed by atoms with Crippen molar-refractivity contribution in [3.05, 3.63) is 41.7 Å². The van der Waals surface area contributed by atoms with E-state index in [1.165, 1.54) is 12.3 Å². The predicted molar refractivity (Wildman–Crippen MR) is 117 cm³/mol. The highest BCUT2D eigenvalue weighted by atomic mass is 32.1. The number of rotatable bonds is 5. The van der Waals surface area contributed by atoms with Gasteiger partial charge in [0, 0.05) is 13.1 Å². The van der Waals surface area contributed by atoms with Gasteiger partial charge in [-0.3, -0.25) is 9.48 Å². The first kappa shape index (κ1) is 21.2. The van der Waals surface area contributed by atoms with E-state index >= 15 is 0 Å². The van der Waals surface area contributed by atoms with Crippen molar-refractivity contribution in [3.63, 3.8) is 0 Å². The van der Waals surface area contributed by atoms with Gasteiger partial charge in [-0.15, -0.1) is 0 Å². The second kappa shape index (κ2) is 8.98. The van der Waals surface area contributed by atoms with Crippen LogP contribution in [-0.4, -0.2) is 39.8 Å². The summed E-state index contributed by atoms with van der Waals surface area (Å²) < 4.78 is 29.8. The number of hydrogen-bond acceptors (Lipinski definition) is 7. The maximum atomic E-state index is 14.1. The highest BCUT2D eigenvalue weighted by Crippen LogP contribution is 2.34. The van der Waals surface area contributed by atoms with Crippen LogP contribution in [0.4, 0.5) is 25.3 Å². The van der Waals surface area contributed by atoms with E-state index < -0.39 is 17.5 Å². The van der Waals surface area contributed by atoms with Crippen LogP contribution in [-0.2, 0) is 7.05 Å². The lowest BCUT2D eigenvalue weighted by Crippen LogP contribution is -2.24. The third-order valence-corrected chi connectivity index (χ3v) is 6.05. The van der Waals surface area contributed by atoms with Crippen LogP contribution >= 0.6 is 11.3 Å². The van der Waals surface area contributed by atoms with E-state index in [9.17, 15) is 13.6 Å². The van der Waals surface area contributed by atoms with E-state index in [0.717, 1.165) is 55.8 Å². The number of nitrogens with zero attached hydrogens (tertiary/aromatic N) is 3. The molecule has 0 spiro atoms. The molecule has 1 amide bonds. The molecule has 0 unspecified atom stereocenters. The number of hydrogen-bond donors (Lipinski definition) is 4. The molecule has 1 saturated heterocycles. The first-order valence-corrected chi connectivity index (χ1v) is 10.8. The molecule has 31 heavy (non-hydrogen) atoms. The zero-order valence-corrected chi connectivity index (χ0v) is 17.7. The van der Waals surface area contributed by atoms with Crippen LogP contribution in [0.15, 0.2) is 24.4 Å². The monoisotopic (exact) mass is 447 g/mol. The van der Waals surface area contributed by atoms with E-state index in [1.54, 1.807) is 11.7 Å².